The monoisotopic (exact) mass is 295 g/mol. The average molecular weight is 295 g/mol. The lowest BCUT2D eigenvalue weighted by Gasteiger charge is -2.02. The Labute approximate surface area is 124 Å². The van der Waals surface area contributed by atoms with Gasteiger partial charge in [-0.3, -0.25) is 10.1 Å². The van der Waals surface area contributed by atoms with Crippen molar-refractivity contribution in [3.63, 3.8) is 0 Å². The second-order valence-electron chi connectivity index (χ2n) is 4.31. The van der Waals surface area contributed by atoms with Gasteiger partial charge in [0, 0.05) is 11.5 Å². The van der Waals surface area contributed by atoms with Crippen molar-refractivity contribution in [1.82, 2.24) is 4.98 Å². The molecule has 0 radical (unpaired) electrons. The molecule has 0 saturated heterocycles. The van der Waals surface area contributed by atoms with Crippen molar-refractivity contribution < 1.29 is 4.92 Å². The number of hydrogen-bond donors (Lipinski definition) is 1. The van der Waals surface area contributed by atoms with E-state index in [1.807, 2.05) is 0 Å². The van der Waals surface area contributed by atoms with E-state index in [2.05, 4.69) is 10.9 Å². The maximum Gasteiger partial charge on any atom is 0.278 e. The molecule has 3 aromatic rings. The minimum absolute atomic E-state index is 0.0195. The van der Waals surface area contributed by atoms with Gasteiger partial charge in [0.25, 0.3) is 5.69 Å². The van der Waals surface area contributed by atoms with Crippen LogP contribution in [-0.4, -0.2) is 9.91 Å². The topological polar surface area (TPSA) is 82.0 Å². The highest BCUT2D eigenvalue weighted by Gasteiger charge is 2.17. The van der Waals surface area contributed by atoms with Crippen molar-refractivity contribution in [2.24, 2.45) is 0 Å². The summed E-state index contributed by atoms with van der Waals surface area (Å²) in [4.78, 5) is 16.4. The zero-order valence-electron chi connectivity index (χ0n) is 10.7. The van der Waals surface area contributed by atoms with Crippen LogP contribution in [0.25, 0.3) is 21.5 Å². The van der Waals surface area contributed by atoms with Crippen LogP contribution in [0, 0.1) is 22.5 Å². The molecule has 2 N–H and O–H groups in total. The maximum absolute atomic E-state index is 11.1. The van der Waals surface area contributed by atoms with Gasteiger partial charge in [-0.25, -0.2) is 4.98 Å². The summed E-state index contributed by atoms with van der Waals surface area (Å²) in [6.07, 6.45) is 5.39. The largest absolute Gasteiger partial charge is 0.396 e. The number of aromatic nitrogens is 1. The van der Waals surface area contributed by atoms with Gasteiger partial charge in [0.1, 0.15) is 9.71 Å². The van der Waals surface area contributed by atoms with Gasteiger partial charge in [0.2, 0.25) is 0 Å². The molecule has 0 unspecified atom stereocenters. The highest BCUT2D eigenvalue weighted by atomic mass is 32.1. The number of benzene rings is 1. The standard InChI is InChI=1S/C15H9N3O2S/c1-2-13-14(16)10-7-8-11(17-15(10)21-13)9-5-3-4-6-12(9)18(19)20/h1,3-8H,16H2. The molecule has 1 aromatic carbocycles. The number of terminal acetylenes is 1. The number of pyridine rings is 1. The smallest absolute Gasteiger partial charge is 0.278 e. The molecule has 2 aromatic heterocycles. The van der Waals surface area contributed by atoms with E-state index in [0.29, 0.717) is 26.7 Å². The number of nitrogens with zero attached hydrogens (tertiary/aromatic N) is 2. The SMILES string of the molecule is C#Cc1sc2nc(-c3ccccc3[N+](=O)[O-])ccc2c1N. The first kappa shape index (κ1) is 13.1. The lowest BCUT2D eigenvalue weighted by Crippen LogP contribution is -1.93. The van der Waals surface area contributed by atoms with Gasteiger partial charge in [-0.05, 0) is 18.2 Å². The fraction of sp³-hybridized carbons (Fsp3) is 0. The summed E-state index contributed by atoms with van der Waals surface area (Å²) in [6.45, 7) is 0. The number of hydrogen-bond acceptors (Lipinski definition) is 5. The molecule has 0 bridgehead atoms. The highest BCUT2D eigenvalue weighted by Crippen LogP contribution is 2.35. The second-order valence-corrected chi connectivity index (χ2v) is 5.31. The second kappa shape index (κ2) is 4.89. The van der Waals surface area contributed by atoms with E-state index in [9.17, 15) is 10.1 Å². The Hall–Kier alpha value is -2.91. The molecule has 3 rings (SSSR count). The molecule has 0 atom stereocenters. The molecule has 5 nitrogen and oxygen atoms in total. The summed E-state index contributed by atoms with van der Waals surface area (Å²) in [6, 6.07) is 10.0. The maximum atomic E-state index is 11.1. The number of fused-ring (bicyclic) bond motifs is 1. The van der Waals surface area contributed by atoms with Gasteiger partial charge < -0.3 is 5.73 Å². The molecule has 102 valence electrons. The van der Waals surface area contributed by atoms with E-state index < -0.39 is 4.92 Å². The van der Waals surface area contributed by atoms with E-state index >= 15 is 0 Å². The third-order valence-corrected chi connectivity index (χ3v) is 4.15. The van der Waals surface area contributed by atoms with Crippen LogP contribution in [0.5, 0.6) is 0 Å². The molecule has 0 aliphatic heterocycles. The third kappa shape index (κ3) is 2.10. The molecule has 0 aliphatic carbocycles. The Morgan fingerprint density at radius 1 is 1.29 bits per heavy atom. The number of nitro groups is 1. The van der Waals surface area contributed by atoms with Crippen LogP contribution >= 0.6 is 11.3 Å². The average Bonchev–Trinajstić information content (AvgIpc) is 2.83. The van der Waals surface area contributed by atoms with Crippen LogP contribution in [0.1, 0.15) is 4.88 Å². The van der Waals surface area contributed by atoms with Crippen molar-refractivity contribution in [2.75, 3.05) is 5.73 Å². The summed E-state index contributed by atoms with van der Waals surface area (Å²) in [5.74, 6) is 2.52. The van der Waals surface area contributed by atoms with E-state index in [1.165, 1.54) is 17.4 Å². The quantitative estimate of drug-likeness (QED) is 0.446. The van der Waals surface area contributed by atoms with E-state index in [4.69, 9.17) is 12.2 Å². The molecule has 0 amide bonds. The van der Waals surface area contributed by atoms with Crippen LogP contribution in [0.4, 0.5) is 11.4 Å². The first-order valence-corrected chi connectivity index (χ1v) is 6.83. The van der Waals surface area contributed by atoms with Crippen molar-refractivity contribution >= 4 is 32.9 Å². The Morgan fingerprint density at radius 3 is 2.76 bits per heavy atom. The first-order valence-electron chi connectivity index (χ1n) is 6.01. The molecular formula is C15H9N3O2S. The first-order chi connectivity index (χ1) is 10.1. The molecule has 0 fully saturated rings. The van der Waals surface area contributed by atoms with Crippen molar-refractivity contribution in [1.29, 1.82) is 0 Å². The van der Waals surface area contributed by atoms with Crippen LogP contribution in [0.3, 0.4) is 0 Å². The minimum atomic E-state index is -0.420. The fourth-order valence-corrected chi connectivity index (χ4v) is 3.01. The number of anilines is 1. The molecule has 0 aliphatic rings. The zero-order chi connectivity index (χ0) is 15.0. The normalized spacial score (nSPS) is 10.4. The summed E-state index contributed by atoms with van der Waals surface area (Å²) in [7, 11) is 0. The number of rotatable bonds is 2. The van der Waals surface area contributed by atoms with E-state index in [-0.39, 0.29) is 5.69 Å². The number of nitro benzene ring substituents is 1. The van der Waals surface area contributed by atoms with Crippen molar-refractivity contribution in [2.45, 2.75) is 0 Å². The van der Waals surface area contributed by atoms with Crippen LogP contribution in [0.2, 0.25) is 0 Å². The van der Waals surface area contributed by atoms with Crippen molar-refractivity contribution in [3.8, 4) is 23.6 Å². The molecule has 6 heteroatoms. The molecule has 21 heavy (non-hydrogen) atoms. The third-order valence-electron chi connectivity index (χ3n) is 3.10. The zero-order valence-corrected chi connectivity index (χ0v) is 11.6. The van der Waals surface area contributed by atoms with Gasteiger partial charge in [-0.2, -0.15) is 0 Å². The van der Waals surface area contributed by atoms with Crippen LogP contribution < -0.4 is 5.73 Å². The summed E-state index contributed by atoms with van der Waals surface area (Å²) in [5, 5.41) is 11.9. The Balaban J connectivity index is 2.23. The Morgan fingerprint density at radius 2 is 2.05 bits per heavy atom. The van der Waals surface area contributed by atoms with Gasteiger partial charge >= 0.3 is 0 Å². The predicted molar refractivity (Wildman–Crippen MR) is 84.1 cm³/mol. The lowest BCUT2D eigenvalue weighted by molar-refractivity contribution is -0.384. The number of nitrogen functional groups attached to an aromatic ring is 1. The Bertz CT molecular complexity index is 909. The highest BCUT2D eigenvalue weighted by molar-refractivity contribution is 7.19. The molecule has 2 heterocycles. The van der Waals surface area contributed by atoms with E-state index in [0.717, 1.165) is 5.39 Å². The summed E-state index contributed by atoms with van der Waals surface area (Å²) >= 11 is 1.30. The van der Waals surface area contributed by atoms with Gasteiger partial charge in [0.05, 0.1) is 21.9 Å². The molecule has 0 spiro atoms. The summed E-state index contributed by atoms with van der Waals surface area (Å²) < 4.78 is 0. The number of nitrogens with two attached hydrogens (primary N) is 1. The lowest BCUT2D eigenvalue weighted by atomic mass is 10.1. The number of thiophene rings is 1. The fourth-order valence-electron chi connectivity index (χ4n) is 2.10. The molecular weight excluding hydrogens is 286 g/mol. The van der Waals surface area contributed by atoms with Gasteiger partial charge in [0.15, 0.2) is 0 Å². The number of para-hydroxylation sites is 1. The van der Waals surface area contributed by atoms with Crippen LogP contribution in [0.15, 0.2) is 36.4 Å². The predicted octanol–water partition coefficient (Wildman–Crippen LogP) is 3.44. The van der Waals surface area contributed by atoms with Crippen molar-refractivity contribution in [3.05, 3.63) is 51.4 Å². The Kier molecular flexibility index (Phi) is 3.05. The summed E-state index contributed by atoms with van der Waals surface area (Å²) in [5.41, 5.74) is 7.48. The molecule has 0 saturated carbocycles. The van der Waals surface area contributed by atoms with Gasteiger partial charge in [-0.1, -0.05) is 18.1 Å². The minimum Gasteiger partial charge on any atom is -0.396 e. The van der Waals surface area contributed by atoms with Gasteiger partial charge in [-0.15, -0.1) is 17.8 Å². The van der Waals surface area contributed by atoms with E-state index in [1.54, 1.807) is 30.3 Å². The van der Waals surface area contributed by atoms with Crippen LogP contribution in [-0.2, 0) is 0 Å².